The number of hydrogen-bond donors (Lipinski definition) is 1. The van der Waals surface area contributed by atoms with Gasteiger partial charge in [0.05, 0.1) is 10.5 Å². The number of aromatic nitrogens is 3. The quantitative estimate of drug-likeness (QED) is 0.783. The van der Waals surface area contributed by atoms with Crippen molar-refractivity contribution in [3.63, 3.8) is 0 Å². The summed E-state index contributed by atoms with van der Waals surface area (Å²) in [6.45, 7) is 0. The summed E-state index contributed by atoms with van der Waals surface area (Å²) in [4.78, 5) is 31.4. The zero-order valence-electron chi connectivity index (χ0n) is 10.8. The van der Waals surface area contributed by atoms with Gasteiger partial charge in [-0.05, 0) is 12.1 Å². The van der Waals surface area contributed by atoms with Crippen molar-refractivity contribution in [3.05, 3.63) is 63.4 Å². The second-order valence-electron chi connectivity index (χ2n) is 4.38. The highest BCUT2D eigenvalue weighted by molar-refractivity contribution is 6.31. The van der Waals surface area contributed by atoms with Gasteiger partial charge in [0, 0.05) is 30.0 Å². The summed E-state index contributed by atoms with van der Waals surface area (Å²) < 4.78 is 15.0. The Kier molecular flexibility index (Phi) is 3.34. The Morgan fingerprint density at radius 2 is 1.95 bits per heavy atom. The molecule has 0 aliphatic heterocycles. The van der Waals surface area contributed by atoms with E-state index in [0.29, 0.717) is 0 Å². The van der Waals surface area contributed by atoms with Gasteiger partial charge in [0.15, 0.2) is 0 Å². The molecular weight excluding hydrogens is 313 g/mol. The lowest BCUT2D eigenvalue weighted by molar-refractivity contribution is 0.0695. The van der Waals surface area contributed by atoms with Crippen LogP contribution < -0.4 is 5.43 Å². The average Bonchev–Trinajstić information content (AvgIpc) is 2.50. The van der Waals surface area contributed by atoms with Crippen LogP contribution in [0, 0.1) is 5.82 Å². The van der Waals surface area contributed by atoms with Crippen LogP contribution in [0.15, 0.2) is 41.6 Å². The molecule has 0 saturated carbocycles. The molecule has 0 bridgehead atoms. The Morgan fingerprint density at radius 1 is 1.27 bits per heavy atom. The number of hydrogen-bond acceptors (Lipinski definition) is 4. The topological polar surface area (TPSA) is 85.1 Å². The van der Waals surface area contributed by atoms with Gasteiger partial charge in [-0.3, -0.25) is 9.36 Å². The number of nitrogens with zero attached hydrogens (tertiary/aromatic N) is 3. The van der Waals surface area contributed by atoms with E-state index in [1.54, 1.807) is 6.07 Å². The molecule has 0 unspecified atom stereocenters. The lowest BCUT2D eigenvalue weighted by Gasteiger charge is -2.11. The number of carboxylic acids is 1. The van der Waals surface area contributed by atoms with Gasteiger partial charge in [-0.1, -0.05) is 11.6 Å². The molecule has 0 atom stereocenters. The smallest absolute Gasteiger partial charge is 0.341 e. The monoisotopic (exact) mass is 319 g/mol. The molecule has 22 heavy (non-hydrogen) atoms. The molecule has 0 fully saturated rings. The van der Waals surface area contributed by atoms with Crippen LogP contribution in [0.5, 0.6) is 0 Å². The number of halogens is 2. The van der Waals surface area contributed by atoms with E-state index in [0.717, 1.165) is 18.3 Å². The van der Waals surface area contributed by atoms with Crippen molar-refractivity contribution in [3.8, 4) is 5.95 Å². The molecule has 0 amide bonds. The molecule has 2 heterocycles. The molecule has 1 aromatic carbocycles. The van der Waals surface area contributed by atoms with Crippen molar-refractivity contribution < 1.29 is 14.3 Å². The summed E-state index contributed by atoms with van der Waals surface area (Å²) in [6, 6.07) is 3.71. The Morgan fingerprint density at radius 3 is 2.59 bits per heavy atom. The maximum absolute atomic E-state index is 13.7. The number of benzene rings is 1. The molecule has 0 aliphatic carbocycles. The second-order valence-corrected chi connectivity index (χ2v) is 4.79. The molecular formula is C14H7ClFN3O3. The van der Waals surface area contributed by atoms with E-state index in [2.05, 4.69) is 9.97 Å². The number of carbonyl (C=O) groups is 1. The van der Waals surface area contributed by atoms with Crippen molar-refractivity contribution in [2.24, 2.45) is 0 Å². The fourth-order valence-electron chi connectivity index (χ4n) is 2.05. The normalized spacial score (nSPS) is 10.8. The Balaban J connectivity index is 2.50. The molecule has 3 rings (SSSR count). The van der Waals surface area contributed by atoms with Gasteiger partial charge < -0.3 is 5.11 Å². The molecule has 1 N–H and O–H groups in total. The first-order chi connectivity index (χ1) is 10.5. The SMILES string of the molecule is O=C(O)c1cn(-c2ncccn2)c2cc(F)c(Cl)cc2c1=O. The van der Waals surface area contributed by atoms with Gasteiger partial charge in [0.1, 0.15) is 11.4 Å². The van der Waals surface area contributed by atoms with E-state index in [9.17, 15) is 14.0 Å². The summed E-state index contributed by atoms with van der Waals surface area (Å²) >= 11 is 5.69. The third-order valence-corrected chi connectivity index (χ3v) is 3.33. The molecule has 6 nitrogen and oxygen atoms in total. The molecule has 8 heteroatoms. The van der Waals surface area contributed by atoms with Gasteiger partial charge >= 0.3 is 5.97 Å². The summed E-state index contributed by atoms with van der Waals surface area (Å²) in [5.41, 5.74) is -1.11. The maximum Gasteiger partial charge on any atom is 0.341 e. The first-order valence-corrected chi connectivity index (χ1v) is 6.42. The minimum atomic E-state index is -1.41. The first-order valence-electron chi connectivity index (χ1n) is 6.04. The maximum atomic E-state index is 13.7. The van der Waals surface area contributed by atoms with Crippen LogP contribution in [0.2, 0.25) is 5.02 Å². The Labute approximate surface area is 127 Å². The minimum absolute atomic E-state index is 0.0289. The number of pyridine rings is 1. The Bertz CT molecular complexity index is 957. The van der Waals surface area contributed by atoms with Crippen molar-refractivity contribution in [1.29, 1.82) is 0 Å². The summed E-state index contributed by atoms with van der Waals surface area (Å²) in [5.74, 6) is -2.03. The molecule has 110 valence electrons. The highest BCUT2D eigenvalue weighted by atomic mass is 35.5. The molecule has 0 aliphatic rings. The van der Waals surface area contributed by atoms with Crippen LogP contribution in [0.4, 0.5) is 4.39 Å². The van der Waals surface area contributed by atoms with Crippen LogP contribution in [0.1, 0.15) is 10.4 Å². The first kappa shape index (κ1) is 14.2. The lowest BCUT2D eigenvalue weighted by Crippen LogP contribution is -2.19. The third-order valence-electron chi connectivity index (χ3n) is 3.04. The van der Waals surface area contributed by atoms with E-state index >= 15 is 0 Å². The molecule has 2 aromatic heterocycles. The number of carboxylic acid groups (broad SMARTS) is 1. The summed E-state index contributed by atoms with van der Waals surface area (Å²) in [7, 11) is 0. The number of fused-ring (bicyclic) bond motifs is 1. The largest absolute Gasteiger partial charge is 0.477 e. The number of rotatable bonds is 2. The second kappa shape index (κ2) is 5.19. The van der Waals surface area contributed by atoms with Crippen LogP contribution in [-0.4, -0.2) is 25.6 Å². The fourth-order valence-corrected chi connectivity index (χ4v) is 2.22. The van der Waals surface area contributed by atoms with E-state index in [1.807, 2.05) is 0 Å². The van der Waals surface area contributed by atoms with Crippen LogP contribution in [0.3, 0.4) is 0 Å². The highest BCUT2D eigenvalue weighted by Crippen LogP contribution is 2.22. The van der Waals surface area contributed by atoms with E-state index in [4.69, 9.17) is 16.7 Å². The van der Waals surface area contributed by atoms with E-state index in [1.165, 1.54) is 17.0 Å². The Hall–Kier alpha value is -2.80. The number of aromatic carboxylic acids is 1. The predicted octanol–water partition coefficient (Wildman–Crippen LogP) is 2.27. The van der Waals surface area contributed by atoms with Crippen molar-refractivity contribution in [2.75, 3.05) is 0 Å². The fraction of sp³-hybridized carbons (Fsp3) is 0. The molecule has 3 aromatic rings. The van der Waals surface area contributed by atoms with E-state index < -0.39 is 22.8 Å². The lowest BCUT2D eigenvalue weighted by atomic mass is 10.1. The van der Waals surface area contributed by atoms with Gasteiger partial charge in [-0.2, -0.15) is 0 Å². The summed E-state index contributed by atoms with van der Waals surface area (Å²) in [6.07, 6.45) is 3.95. The van der Waals surface area contributed by atoms with Crippen LogP contribution in [0.25, 0.3) is 16.9 Å². The molecule has 0 spiro atoms. The van der Waals surface area contributed by atoms with Gasteiger partial charge in [0.25, 0.3) is 0 Å². The summed E-state index contributed by atoms with van der Waals surface area (Å²) in [5, 5.41) is 8.86. The van der Waals surface area contributed by atoms with Gasteiger partial charge in [0.2, 0.25) is 11.4 Å². The van der Waals surface area contributed by atoms with Crippen LogP contribution in [-0.2, 0) is 0 Å². The van der Waals surface area contributed by atoms with Crippen molar-refractivity contribution in [2.45, 2.75) is 0 Å². The van der Waals surface area contributed by atoms with Crippen LogP contribution >= 0.6 is 11.6 Å². The molecule has 0 radical (unpaired) electrons. The zero-order valence-corrected chi connectivity index (χ0v) is 11.6. The average molecular weight is 320 g/mol. The van der Waals surface area contributed by atoms with E-state index in [-0.39, 0.29) is 21.9 Å². The molecule has 0 saturated heterocycles. The van der Waals surface area contributed by atoms with Gasteiger partial charge in [-0.15, -0.1) is 0 Å². The predicted molar refractivity (Wildman–Crippen MR) is 77.1 cm³/mol. The zero-order chi connectivity index (χ0) is 15.9. The third kappa shape index (κ3) is 2.21. The van der Waals surface area contributed by atoms with Gasteiger partial charge in [-0.25, -0.2) is 19.2 Å². The van der Waals surface area contributed by atoms with Crippen molar-refractivity contribution >= 4 is 28.5 Å². The highest BCUT2D eigenvalue weighted by Gasteiger charge is 2.18. The standard InChI is InChI=1S/C14H7ClFN3O3/c15-9-4-7-11(5-10(9)16)19(14-17-2-1-3-18-14)6-8(12(7)20)13(21)22/h1-6H,(H,21,22). The minimum Gasteiger partial charge on any atom is -0.477 e. The van der Waals surface area contributed by atoms with Crippen molar-refractivity contribution in [1.82, 2.24) is 14.5 Å².